The summed E-state index contributed by atoms with van der Waals surface area (Å²) in [7, 11) is 1.63. The van der Waals surface area contributed by atoms with E-state index in [1.54, 1.807) is 25.3 Å². The summed E-state index contributed by atoms with van der Waals surface area (Å²) in [5.74, 6) is 1.49. The first-order chi connectivity index (χ1) is 9.72. The maximum atomic E-state index is 8.65. The number of ether oxygens (including phenoxy) is 2. The highest BCUT2D eigenvalue weighted by atomic mass is 16.5. The molecular formula is C15H16N2O3. The molecule has 0 fully saturated rings. The van der Waals surface area contributed by atoms with E-state index in [0.29, 0.717) is 17.9 Å². The van der Waals surface area contributed by atoms with Gasteiger partial charge in [-0.1, -0.05) is 29.4 Å². The first-order valence-electron chi connectivity index (χ1n) is 6.06. The molecule has 0 aromatic heterocycles. The van der Waals surface area contributed by atoms with Crippen molar-refractivity contribution in [3.8, 4) is 11.5 Å². The molecule has 0 saturated carbocycles. The number of benzene rings is 2. The van der Waals surface area contributed by atoms with E-state index in [1.807, 2.05) is 30.3 Å². The van der Waals surface area contributed by atoms with E-state index in [2.05, 4.69) is 5.16 Å². The molecule has 0 saturated heterocycles. The molecule has 0 unspecified atom stereocenters. The number of methoxy groups -OCH3 is 1. The fourth-order valence-corrected chi connectivity index (χ4v) is 1.73. The highest BCUT2D eigenvalue weighted by Gasteiger charge is 2.02. The topological polar surface area (TPSA) is 77.1 Å². The summed E-state index contributed by atoms with van der Waals surface area (Å²) in [5.41, 5.74) is 7.14. The molecule has 0 bridgehead atoms. The van der Waals surface area contributed by atoms with Gasteiger partial charge < -0.3 is 20.4 Å². The lowest BCUT2D eigenvalue weighted by molar-refractivity contribution is 0.305. The Morgan fingerprint density at radius 3 is 2.65 bits per heavy atom. The van der Waals surface area contributed by atoms with Crippen LogP contribution in [0.25, 0.3) is 0 Å². The Morgan fingerprint density at radius 2 is 1.90 bits per heavy atom. The third-order valence-electron chi connectivity index (χ3n) is 2.78. The van der Waals surface area contributed by atoms with Crippen molar-refractivity contribution in [2.24, 2.45) is 10.9 Å². The Labute approximate surface area is 117 Å². The van der Waals surface area contributed by atoms with Crippen molar-refractivity contribution in [2.75, 3.05) is 7.11 Å². The van der Waals surface area contributed by atoms with Crippen molar-refractivity contribution >= 4 is 5.84 Å². The van der Waals surface area contributed by atoms with Gasteiger partial charge in [-0.3, -0.25) is 0 Å². The molecule has 0 aliphatic carbocycles. The summed E-state index contributed by atoms with van der Waals surface area (Å²) < 4.78 is 10.8. The van der Waals surface area contributed by atoms with Crippen LogP contribution in [-0.4, -0.2) is 18.2 Å². The fraction of sp³-hybridized carbons (Fsp3) is 0.133. The molecule has 0 heterocycles. The van der Waals surface area contributed by atoms with Crippen molar-refractivity contribution in [3.05, 3.63) is 59.7 Å². The maximum absolute atomic E-state index is 8.65. The van der Waals surface area contributed by atoms with Gasteiger partial charge in [0.2, 0.25) is 0 Å². The number of nitrogens with zero attached hydrogens (tertiary/aromatic N) is 1. The van der Waals surface area contributed by atoms with Crippen LogP contribution in [0.3, 0.4) is 0 Å². The zero-order valence-electron chi connectivity index (χ0n) is 11.1. The summed E-state index contributed by atoms with van der Waals surface area (Å²) in [6.07, 6.45) is 0. The van der Waals surface area contributed by atoms with Crippen LogP contribution in [0.1, 0.15) is 11.1 Å². The molecule has 2 aromatic rings. The molecule has 5 nitrogen and oxygen atoms in total. The summed E-state index contributed by atoms with van der Waals surface area (Å²) in [5, 5.41) is 11.6. The first-order valence-corrected chi connectivity index (χ1v) is 6.06. The molecule has 0 aliphatic heterocycles. The zero-order valence-corrected chi connectivity index (χ0v) is 11.1. The molecule has 0 amide bonds. The van der Waals surface area contributed by atoms with Gasteiger partial charge in [-0.25, -0.2) is 0 Å². The Kier molecular flexibility index (Phi) is 4.44. The molecule has 20 heavy (non-hydrogen) atoms. The SMILES string of the molecule is COc1cccc(COc2cccc(/C(N)=N/O)c2)c1. The van der Waals surface area contributed by atoms with Gasteiger partial charge in [0.15, 0.2) is 5.84 Å². The second-order valence-electron chi connectivity index (χ2n) is 4.15. The monoisotopic (exact) mass is 272 g/mol. The largest absolute Gasteiger partial charge is 0.497 e. The lowest BCUT2D eigenvalue weighted by atomic mass is 10.2. The minimum Gasteiger partial charge on any atom is -0.497 e. The Hall–Kier alpha value is -2.69. The van der Waals surface area contributed by atoms with E-state index < -0.39 is 0 Å². The lowest BCUT2D eigenvalue weighted by Crippen LogP contribution is -2.12. The van der Waals surface area contributed by atoms with Crippen molar-refractivity contribution in [1.82, 2.24) is 0 Å². The second-order valence-corrected chi connectivity index (χ2v) is 4.15. The van der Waals surface area contributed by atoms with Gasteiger partial charge in [-0.2, -0.15) is 0 Å². The predicted octanol–water partition coefficient (Wildman–Crippen LogP) is 2.37. The highest BCUT2D eigenvalue weighted by Crippen LogP contribution is 2.17. The zero-order chi connectivity index (χ0) is 14.4. The van der Waals surface area contributed by atoms with E-state index in [1.165, 1.54) is 0 Å². The third-order valence-corrected chi connectivity index (χ3v) is 2.78. The van der Waals surface area contributed by atoms with E-state index in [9.17, 15) is 0 Å². The van der Waals surface area contributed by atoms with Crippen LogP contribution in [-0.2, 0) is 6.61 Å². The molecule has 0 spiro atoms. The van der Waals surface area contributed by atoms with Gasteiger partial charge in [0.1, 0.15) is 18.1 Å². The quantitative estimate of drug-likeness (QED) is 0.379. The lowest BCUT2D eigenvalue weighted by Gasteiger charge is -2.08. The number of hydrogen-bond donors (Lipinski definition) is 2. The van der Waals surface area contributed by atoms with E-state index in [-0.39, 0.29) is 5.84 Å². The highest BCUT2D eigenvalue weighted by molar-refractivity contribution is 5.97. The number of amidine groups is 1. The van der Waals surface area contributed by atoms with E-state index in [0.717, 1.165) is 11.3 Å². The van der Waals surface area contributed by atoms with Crippen molar-refractivity contribution in [3.63, 3.8) is 0 Å². The molecular weight excluding hydrogens is 256 g/mol. The standard InChI is InChI=1S/C15H16N2O3/c1-19-13-6-2-4-11(8-13)10-20-14-7-3-5-12(9-14)15(16)17-18/h2-9,18H,10H2,1H3,(H2,16,17). The molecule has 2 aromatic carbocycles. The summed E-state index contributed by atoms with van der Waals surface area (Å²) in [6, 6.07) is 14.7. The molecule has 0 aliphatic rings. The smallest absolute Gasteiger partial charge is 0.170 e. The van der Waals surface area contributed by atoms with E-state index >= 15 is 0 Å². The van der Waals surface area contributed by atoms with Crippen LogP contribution in [0, 0.1) is 0 Å². The average Bonchev–Trinajstić information content (AvgIpc) is 2.52. The Morgan fingerprint density at radius 1 is 1.15 bits per heavy atom. The van der Waals surface area contributed by atoms with Crippen molar-refractivity contribution < 1.29 is 14.7 Å². The number of hydrogen-bond acceptors (Lipinski definition) is 4. The molecule has 3 N–H and O–H groups in total. The molecule has 0 radical (unpaired) electrons. The van der Waals surface area contributed by atoms with Gasteiger partial charge in [0.05, 0.1) is 7.11 Å². The van der Waals surface area contributed by atoms with Crippen molar-refractivity contribution in [1.29, 1.82) is 0 Å². The van der Waals surface area contributed by atoms with Crippen molar-refractivity contribution in [2.45, 2.75) is 6.61 Å². The summed E-state index contributed by atoms with van der Waals surface area (Å²) >= 11 is 0. The first kappa shape index (κ1) is 13.7. The normalized spacial score (nSPS) is 11.2. The molecule has 2 rings (SSSR count). The van der Waals surface area contributed by atoms with Crippen LogP contribution in [0.2, 0.25) is 0 Å². The van der Waals surface area contributed by atoms with Crippen LogP contribution in [0.5, 0.6) is 11.5 Å². The molecule has 5 heteroatoms. The average molecular weight is 272 g/mol. The summed E-state index contributed by atoms with van der Waals surface area (Å²) in [4.78, 5) is 0. The van der Waals surface area contributed by atoms with Gasteiger partial charge in [0.25, 0.3) is 0 Å². The van der Waals surface area contributed by atoms with Crippen LogP contribution in [0.4, 0.5) is 0 Å². The van der Waals surface area contributed by atoms with Gasteiger partial charge in [-0.05, 0) is 29.8 Å². The maximum Gasteiger partial charge on any atom is 0.170 e. The second kappa shape index (κ2) is 6.47. The number of nitrogens with two attached hydrogens (primary N) is 1. The van der Waals surface area contributed by atoms with Crippen LogP contribution < -0.4 is 15.2 Å². The third kappa shape index (κ3) is 3.41. The minimum absolute atomic E-state index is 0.0526. The van der Waals surface area contributed by atoms with Crippen LogP contribution >= 0.6 is 0 Å². The molecule has 104 valence electrons. The van der Waals surface area contributed by atoms with Crippen LogP contribution in [0.15, 0.2) is 53.7 Å². The van der Waals surface area contributed by atoms with Gasteiger partial charge in [0, 0.05) is 5.56 Å². The summed E-state index contributed by atoms with van der Waals surface area (Å²) in [6.45, 7) is 0.414. The number of rotatable bonds is 5. The predicted molar refractivity (Wildman–Crippen MR) is 76.3 cm³/mol. The molecule has 0 atom stereocenters. The Bertz CT molecular complexity index is 612. The van der Waals surface area contributed by atoms with E-state index in [4.69, 9.17) is 20.4 Å². The minimum atomic E-state index is 0.0526. The van der Waals surface area contributed by atoms with Gasteiger partial charge in [-0.15, -0.1) is 0 Å². The number of oxime groups is 1. The fourth-order valence-electron chi connectivity index (χ4n) is 1.73. The Balaban J connectivity index is 2.07. The van der Waals surface area contributed by atoms with Gasteiger partial charge >= 0.3 is 0 Å².